The van der Waals surface area contributed by atoms with Gasteiger partial charge in [0.25, 0.3) is 0 Å². The summed E-state index contributed by atoms with van der Waals surface area (Å²) in [6.45, 7) is 3.47. The van der Waals surface area contributed by atoms with Gasteiger partial charge in [-0.25, -0.2) is 9.97 Å². The largest absolute Gasteiger partial charge is 0.508 e. The van der Waals surface area contributed by atoms with Crippen molar-refractivity contribution in [3.05, 3.63) is 66.5 Å². The van der Waals surface area contributed by atoms with Crippen LogP contribution in [0.15, 0.2) is 60.9 Å². The van der Waals surface area contributed by atoms with Crippen LogP contribution in [-0.4, -0.2) is 33.1 Å². The highest BCUT2D eigenvalue weighted by atomic mass is 35.5. The number of aromatic hydroxyl groups is 1. The fourth-order valence-corrected chi connectivity index (χ4v) is 5.02. The molecular weight excluding hydrogens is 428 g/mol. The van der Waals surface area contributed by atoms with Crippen LogP contribution in [0.1, 0.15) is 24.8 Å². The van der Waals surface area contributed by atoms with Crippen LogP contribution in [0.3, 0.4) is 0 Å². The van der Waals surface area contributed by atoms with E-state index in [2.05, 4.69) is 50.5 Å². The topological polar surface area (TPSA) is 61.3 Å². The van der Waals surface area contributed by atoms with Gasteiger partial charge in [-0.15, -0.1) is 23.7 Å². The van der Waals surface area contributed by atoms with Gasteiger partial charge >= 0.3 is 0 Å². The molecule has 1 aliphatic rings. The Balaban J connectivity index is 0.00000231. The molecule has 0 unspecified atom stereocenters. The average Bonchev–Trinajstić information content (AvgIpc) is 3.21. The van der Waals surface area contributed by atoms with Crippen LogP contribution in [0.2, 0.25) is 0 Å². The van der Waals surface area contributed by atoms with Crippen molar-refractivity contribution < 1.29 is 5.11 Å². The van der Waals surface area contributed by atoms with Gasteiger partial charge in [0.15, 0.2) is 5.82 Å². The van der Waals surface area contributed by atoms with E-state index in [1.54, 1.807) is 35.9 Å². The second-order valence-electron chi connectivity index (χ2n) is 7.76. The van der Waals surface area contributed by atoms with Crippen molar-refractivity contribution in [2.24, 2.45) is 0 Å². The minimum atomic E-state index is 0. The molecule has 1 fully saturated rings. The summed E-state index contributed by atoms with van der Waals surface area (Å²) < 4.78 is 1.01. The van der Waals surface area contributed by atoms with E-state index in [-0.39, 0.29) is 18.2 Å². The molecular formula is C24H25ClN4OS. The quantitative estimate of drug-likeness (QED) is 0.376. The summed E-state index contributed by atoms with van der Waals surface area (Å²) in [6.07, 6.45) is 5.58. The lowest BCUT2D eigenvalue weighted by Crippen LogP contribution is -2.28. The molecule has 31 heavy (non-hydrogen) atoms. The summed E-state index contributed by atoms with van der Waals surface area (Å²) in [7, 11) is 0. The molecule has 1 aliphatic heterocycles. The highest BCUT2D eigenvalue weighted by molar-refractivity contribution is 7.22. The third-order valence-electron chi connectivity index (χ3n) is 5.51. The number of nitrogens with one attached hydrogen (secondary N) is 1. The van der Waals surface area contributed by atoms with Gasteiger partial charge in [0.2, 0.25) is 0 Å². The second kappa shape index (κ2) is 9.64. The first-order chi connectivity index (χ1) is 14.7. The summed E-state index contributed by atoms with van der Waals surface area (Å²) in [4.78, 5) is 12.6. The zero-order valence-corrected chi connectivity index (χ0v) is 18.8. The Morgan fingerprint density at radius 2 is 1.77 bits per heavy atom. The molecule has 160 valence electrons. The summed E-state index contributed by atoms with van der Waals surface area (Å²) in [5.41, 5.74) is 4.29. The lowest BCUT2D eigenvalue weighted by Gasteiger charge is -2.26. The number of halogens is 1. The number of piperidine rings is 1. The van der Waals surface area contributed by atoms with E-state index in [0.717, 1.165) is 28.3 Å². The number of nitrogens with zero attached hydrogens (tertiary/aromatic N) is 3. The predicted octanol–water partition coefficient (Wildman–Crippen LogP) is 6.22. The van der Waals surface area contributed by atoms with Gasteiger partial charge in [-0.1, -0.05) is 36.8 Å². The molecule has 0 atom stereocenters. The van der Waals surface area contributed by atoms with Crippen LogP contribution < -0.4 is 5.32 Å². The molecule has 1 saturated heterocycles. The molecule has 2 aromatic carbocycles. The maximum Gasteiger partial charge on any atom is 0.151 e. The number of phenols is 1. The van der Waals surface area contributed by atoms with Gasteiger partial charge in [0, 0.05) is 23.2 Å². The Bertz CT molecular complexity index is 1160. The number of likely N-dealkylation sites (tertiary alicyclic amines) is 1. The molecule has 4 aromatic rings. The maximum absolute atomic E-state index is 9.71. The van der Waals surface area contributed by atoms with Crippen molar-refractivity contribution in [1.82, 2.24) is 14.9 Å². The Morgan fingerprint density at radius 3 is 2.55 bits per heavy atom. The lowest BCUT2D eigenvalue weighted by molar-refractivity contribution is 0.221. The van der Waals surface area contributed by atoms with Crippen LogP contribution in [0, 0.1) is 0 Å². The Morgan fingerprint density at radius 1 is 0.968 bits per heavy atom. The Labute approximate surface area is 192 Å². The molecule has 0 spiro atoms. The summed E-state index contributed by atoms with van der Waals surface area (Å²) in [6, 6.07) is 18.1. The van der Waals surface area contributed by atoms with E-state index >= 15 is 0 Å². The van der Waals surface area contributed by atoms with Crippen LogP contribution in [0.5, 0.6) is 5.75 Å². The number of hydrogen-bond acceptors (Lipinski definition) is 6. The van der Waals surface area contributed by atoms with Crippen LogP contribution in [-0.2, 0) is 6.54 Å². The number of hydrogen-bond donors (Lipinski definition) is 2. The first kappa shape index (κ1) is 21.6. The third-order valence-corrected chi connectivity index (χ3v) is 6.69. The molecule has 0 bridgehead atoms. The molecule has 2 N–H and O–H groups in total. The molecule has 0 aliphatic carbocycles. The molecule has 0 amide bonds. The standard InChI is InChI=1S/C24H24N4OS.ClH/c29-20-6-4-5-19(13-20)27-24-23-21(25-16-26-24)14-22(30-23)18-9-7-17(8-10-18)15-28-11-2-1-3-12-28;/h4-10,13-14,16,29H,1-3,11-12,15H2,(H,25,26,27);1H. The average molecular weight is 453 g/mol. The lowest BCUT2D eigenvalue weighted by atomic mass is 10.1. The summed E-state index contributed by atoms with van der Waals surface area (Å²) in [5, 5.41) is 13.0. The van der Waals surface area contributed by atoms with Gasteiger partial charge in [-0.3, -0.25) is 4.90 Å². The smallest absolute Gasteiger partial charge is 0.151 e. The minimum Gasteiger partial charge on any atom is -0.508 e. The monoisotopic (exact) mass is 452 g/mol. The van der Waals surface area contributed by atoms with E-state index in [4.69, 9.17) is 0 Å². The second-order valence-corrected chi connectivity index (χ2v) is 8.81. The van der Waals surface area contributed by atoms with Gasteiger partial charge < -0.3 is 10.4 Å². The molecule has 0 saturated carbocycles. The highest BCUT2D eigenvalue weighted by Gasteiger charge is 2.13. The Kier molecular flexibility index (Phi) is 6.70. The van der Waals surface area contributed by atoms with Gasteiger partial charge in [-0.2, -0.15) is 0 Å². The van der Waals surface area contributed by atoms with Crippen LogP contribution in [0.25, 0.3) is 20.7 Å². The number of aromatic nitrogens is 2. The fourth-order valence-electron chi connectivity index (χ4n) is 3.96. The van der Waals surface area contributed by atoms with E-state index in [1.807, 2.05) is 6.07 Å². The fraction of sp³-hybridized carbons (Fsp3) is 0.250. The normalized spacial score (nSPS) is 14.3. The number of rotatable bonds is 5. The zero-order chi connectivity index (χ0) is 20.3. The summed E-state index contributed by atoms with van der Waals surface area (Å²) in [5.74, 6) is 0.977. The van der Waals surface area contributed by atoms with Crippen molar-refractivity contribution in [1.29, 1.82) is 0 Å². The van der Waals surface area contributed by atoms with Crippen molar-refractivity contribution in [2.75, 3.05) is 18.4 Å². The molecule has 5 rings (SSSR count). The van der Waals surface area contributed by atoms with Crippen molar-refractivity contribution >= 4 is 45.5 Å². The maximum atomic E-state index is 9.71. The predicted molar refractivity (Wildman–Crippen MR) is 131 cm³/mol. The molecule has 3 heterocycles. The van der Waals surface area contributed by atoms with Gasteiger partial charge in [-0.05, 0) is 55.3 Å². The van der Waals surface area contributed by atoms with E-state index in [9.17, 15) is 5.11 Å². The Hall–Kier alpha value is -2.67. The number of anilines is 2. The molecule has 0 radical (unpaired) electrons. The van der Waals surface area contributed by atoms with E-state index in [1.165, 1.54) is 48.4 Å². The third kappa shape index (κ3) is 4.98. The first-order valence-electron chi connectivity index (χ1n) is 10.4. The van der Waals surface area contributed by atoms with Crippen LogP contribution in [0.4, 0.5) is 11.5 Å². The van der Waals surface area contributed by atoms with Crippen LogP contribution >= 0.6 is 23.7 Å². The van der Waals surface area contributed by atoms with Crippen molar-refractivity contribution in [3.8, 4) is 16.2 Å². The minimum absolute atomic E-state index is 0. The number of benzene rings is 2. The van der Waals surface area contributed by atoms with E-state index < -0.39 is 0 Å². The van der Waals surface area contributed by atoms with E-state index in [0.29, 0.717) is 0 Å². The number of phenolic OH excluding ortho intramolecular Hbond substituents is 1. The first-order valence-corrected chi connectivity index (χ1v) is 11.2. The van der Waals surface area contributed by atoms with Crippen molar-refractivity contribution in [2.45, 2.75) is 25.8 Å². The van der Waals surface area contributed by atoms with Gasteiger partial charge in [0.05, 0.1) is 10.2 Å². The number of fused-ring (bicyclic) bond motifs is 1. The van der Waals surface area contributed by atoms with Crippen molar-refractivity contribution in [3.63, 3.8) is 0 Å². The number of thiophene rings is 1. The SMILES string of the molecule is Cl.Oc1cccc(Nc2ncnc3cc(-c4ccc(CN5CCCCC5)cc4)sc23)c1. The van der Waals surface area contributed by atoms with Gasteiger partial charge in [0.1, 0.15) is 12.1 Å². The molecule has 2 aromatic heterocycles. The zero-order valence-electron chi connectivity index (χ0n) is 17.1. The molecule has 5 nitrogen and oxygen atoms in total. The highest BCUT2D eigenvalue weighted by Crippen LogP contribution is 2.36. The molecule has 7 heteroatoms. The summed E-state index contributed by atoms with van der Waals surface area (Å²) >= 11 is 1.68.